The Labute approximate surface area is 166 Å². The number of thioether (sulfide) groups is 1. The summed E-state index contributed by atoms with van der Waals surface area (Å²) in [5.41, 5.74) is 1.03. The number of thiophene rings is 1. The van der Waals surface area contributed by atoms with Crippen molar-refractivity contribution >= 4 is 39.2 Å². The van der Waals surface area contributed by atoms with Gasteiger partial charge in [0.1, 0.15) is 4.83 Å². The summed E-state index contributed by atoms with van der Waals surface area (Å²) < 4.78 is 7.41. The molecule has 0 radical (unpaired) electrons. The third-order valence-electron chi connectivity index (χ3n) is 4.56. The van der Waals surface area contributed by atoms with Crippen molar-refractivity contribution in [3.63, 3.8) is 0 Å². The highest BCUT2D eigenvalue weighted by molar-refractivity contribution is 7.99. The standard InChI is InChI=1S/C19H23N3O3S2/c1-4-8-20-15(23)11-26-19-21-17-16(14(5-2)12(3)27-17)18(24)22(19)10-13-7-6-9-25-13/h1,13H,5-11H2,2-3H3,(H,20,23). The van der Waals surface area contributed by atoms with Crippen LogP contribution in [0.3, 0.4) is 0 Å². The van der Waals surface area contributed by atoms with E-state index in [0.29, 0.717) is 17.1 Å². The van der Waals surface area contributed by atoms with Gasteiger partial charge in [0.25, 0.3) is 5.56 Å². The van der Waals surface area contributed by atoms with E-state index in [4.69, 9.17) is 16.1 Å². The highest BCUT2D eigenvalue weighted by Gasteiger charge is 2.23. The summed E-state index contributed by atoms with van der Waals surface area (Å²) in [4.78, 5) is 31.8. The number of aryl methyl sites for hydroxylation is 2. The predicted molar refractivity (Wildman–Crippen MR) is 110 cm³/mol. The lowest BCUT2D eigenvalue weighted by Crippen LogP contribution is -2.30. The monoisotopic (exact) mass is 405 g/mol. The topological polar surface area (TPSA) is 73.2 Å². The van der Waals surface area contributed by atoms with Crippen LogP contribution in [0.4, 0.5) is 0 Å². The van der Waals surface area contributed by atoms with Gasteiger partial charge in [-0.15, -0.1) is 17.8 Å². The van der Waals surface area contributed by atoms with Gasteiger partial charge < -0.3 is 10.1 Å². The molecule has 27 heavy (non-hydrogen) atoms. The fourth-order valence-electron chi connectivity index (χ4n) is 3.25. The minimum Gasteiger partial charge on any atom is -0.376 e. The van der Waals surface area contributed by atoms with Gasteiger partial charge in [-0.1, -0.05) is 24.6 Å². The van der Waals surface area contributed by atoms with Gasteiger partial charge in [0, 0.05) is 11.5 Å². The molecule has 1 N–H and O–H groups in total. The van der Waals surface area contributed by atoms with Crippen LogP contribution >= 0.6 is 23.1 Å². The summed E-state index contributed by atoms with van der Waals surface area (Å²) in [5.74, 6) is 2.37. The van der Waals surface area contributed by atoms with Crippen LogP contribution in [0, 0.1) is 19.3 Å². The minimum atomic E-state index is -0.174. The van der Waals surface area contributed by atoms with Gasteiger partial charge in [-0.05, 0) is 31.7 Å². The number of ether oxygens (including phenoxy) is 1. The summed E-state index contributed by atoms with van der Waals surface area (Å²) >= 11 is 2.80. The van der Waals surface area contributed by atoms with Crippen LogP contribution < -0.4 is 10.9 Å². The van der Waals surface area contributed by atoms with Crippen molar-refractivity contribution in [2.24, 2.45) is 0 Å². The Kier molecular flexibility index (Phi) is 6.58. The van der Waals surface area contributed by atoms with Gasteiger partial charge in [0.15, 0.2) is 5.16 Å². The molecule has 2 aromatic rings. The van der Waals surface area contributed by atoms with E-state index in [9.17, 15) is 9.59 Å². The van der Waals surface area contributed by atoms with E-state index < -0.39 is 0 Å². The molecule has 0 bridgehead atoms. The average Bonchev–Trinajstić information content (AvgIpc) is 3.27. The average molecular weight is 406 g/mol. The van der Waals surface area contributed by atoms with Crippen molar-refractivity contribution in [1.82, 2.24) is 14.9 Å². The summed E-state index contributed by atoms with van der Waals surface area (Å²) in [6.45, 7) is 5.46. The van der Waals surface area contributed by atoms with E-state index in [1.54, 1.807) is 4.57 Å². The number of carbonyl (C=O) groups excluding carboxylic acids is 1. The third-order valence-corrected chi connectivity index (χ3v) is 6.58. The van der Waals surface area contributed by atoms with Crippen LogP contribution in [0.5, 0.6) is 0 Å². The van der Waals surface area contributed by atoms with Crippen LogP contribution in [0.15, 0.2) is 9.95 Å². The summed E-state index contributed by atoms with van der Waals surface area (Å²) in [7, 11) is 0. The second-order valence-corrected chi connectivity index (χ2v) is 8.53. The van der Waals surface area contributed by atoms with Gasteiger partial charge in [-0.2, -0.15) is 0 Å². The SMILES string of the molecule is C#CCNC(=O)CSc1nc2sc(C)c(CC)c2c(=O)n1CC1CCCO1. The molecule has 3 rings (SSSR count). The zero-order valence-electron chi connectivity index (χ0n) is 15.5. The lowest BCUT2D eigenvalue weighted by molar-refractivity contribution is -0.118. The molecular formula is C19H23N3O3S2. The van der Waals surface area contributed by atoms with Gasteiger partial charge in [0.05, 0.1) is 30.3 Å². The molecule has 0 spiro atoms. The van der Waals surface area contributed by atoms with Crippen LogP contribution in [0.25, 0.3) is 10.2 Å². The second-order valence-electron chi connectivity index (χ2n) is 6.39. The van der Waals surface area contributed by atoms with Crippen molar-refractivity contribution < 1.29 is 9.53 Å². The first-order valence-electron chi connectivity index (χ1n) is 9.02. The zero-order chi connectivity index (χ0) is 19.4. The molecule has 1 unspecified atom stereocenters. The number of hydrogen-bond acceptors (Lipinski definition) is 6. The molecule has 3 heterocycles. The van der Waals surface area contributed by atoms with Crippen molar-refractivity contribution in [2.75, 3.05) is 18.9 Å². The molecule has 144 valence electrons. The fourth-order valence-corrected chi connectivity index (χ4v) is 5.24. The lowest BCUT2D eigenvalue weighted by Gasteiger charge is -2.16. The number of terminal acetylenes is 1. The first-order chi connectivity index (χ1) is 13.0. The molecule has 8 heteroatoms. The van der Waals surface area contributed by atoms with Crippen molar-refractivity contribution in [3.8, 4) is 12.3 Å². The zero-order valence-corrected chi connectivity index (χ0v) is 17.2. The summed E-state index contributed by atoms with van der Waals surface area (Å²) in [6, 6.07) is 0. The van der Waals surface area contributed by atoms with Gasteiger partial charge in [-0.3, -0.25) is 14.2 Å². The second kappa shape index (κ2) is 8.91. The van der Waals surface area contributed by atoms with Gasteiger partial charge >= 0.3 is 0 Å². The third kappa shape index (κ3) is 4.37. The Morgan fingerprint density at radius 3 is 3.04 bits per heavy atom. The molecule has 0 aromatic carbocycles. The minimum absolute atomic E-state index is 0.0152. The molecule has 0 saturated carbocycles. The Morgan fingerprint density at radius 1 is 1.56 bits per heavy atom. The van der Waals surface area contributed by atoms with E-state index in [1.807, 2.05) is 6.92 Å². The Balaban J connectivity index is 1.97. The number of amides is 1. The predicted octanol–water partition coefficient (Wildman–Crippen LogP) is 2.35. The van der Waals surface area contributed by atoms with Crippen molar-refractivity contribution in [2.45, 2.75) is 50.9 Å². The van der Waals surface area contributed by atoms with Crippen LogP contribution in [0.2, 0.25) is 0 Å². The number of nitrogens with one attached hydrogen (secondary N) is 1. The maximum Gasteiger partial charge on any atom is 0.263 e. The Bertz CT molecular complexity index is 936. The Hall–Kier alpha value is -1.82. The normalized spacial score (nSPS) is 16.6. The van der Waals surface area contributed by atoms with Crippen LogP contribution in [-0.4, -0.2) is 40.5 Å². The molecule has 1 atom stereocenters. The highest BCUT2D eigenvalue weighted by atomic mass is 32.2. The highest BCUT2D eigenvalue weighted by Crippen LogP contribution is 2.30. The number of fused-ring (bicyclic) bond motifs is 1. The number of hydrogen-bond donors (Lipinski definition) is 1. The number of nitrogens with zero attached hydrogens (tertiary/aromatic N) is 2. The van der Waals surface area contributed by atoms with E-state index in [2.05, 4.69) is 18.2 Å². The molecule has 1 aliphatic heterocycles. The van der Waals surface area contributed by atoms with Crippen LogP contribution in [-0.2, 0) is 22.5 Å². The van der Waals surface area contributed by atoms with Gasteiger partial charge in [-0.25, -0.2) is 4.98 Å². The lowest BCUT2D eigenvalue weighted by atomic mass is 10.1. The number of aromatic nitrogens is 2. The van der Waals surface area contributed by atoms with Crippen LogP contribution in [0.1, 0.15) is 30.2 Å². The quantitative estimate of drug-likeness (QED) is 0.435. The van der Waals surface area contributed by atoms with E-state index >= 15 is 0 Å². The first kappa shape index (κ1) is 19.9. The molecule has 1 amide bonds. The smallest absolute Gasteiger partial charge is 0.263 e. The fraction of sp³-hybridized carbons (Fsp3) is 0.526. The summed E-state index contributed by atoms with van der Waals surface area (Å²) in [6.07, 6.45) is 7.91. The Morgan fingerprint density at radius 2 is 2.37 bits per heavy atom. The van der Waals surface area contributed by atoms with E-state index in [-0.39, 0.29) is 29.9 Å². The largest absolute Gasteiger partial charge is 0.376 e. The molecule has 6 nitrogen and oxygen atoms in total. The number of carbonyl (C=O) groups is 1. The van der Waals surface area contributed by atoms with Crippen molar-refractivity contribution in [1.29, 1.82) is 0 Å². The molecule has 2 aromatic heterocycles. The first-order valence-corrected chi connectivity index (χ1v) is 10.8. The number of rotatable bonds is 7. The molecule has 1 fully saturated rings. The molecule has 1 aliphatic rings. The van der Waals surface area contributed by atoms with Gasteiger partial charge in [0.2, 0.25) is 5.91 Å². The molecular weight excluding hydrogens is 382 g/mol. The van der Waals surface area contributed by atoms with E-state index in [0.717, 1.165) is 41.1 Å². The molecule has 1 saturated heterocycles. The maximum absolute atomic E-state index is 13.3. The molecule has 0 aliphatic carbocycles. The maximum atomic E-state index is 13.3. The van der Waals surface area contributed by atoms with E-state index in [1.165, 1.54) is 23.1 Å². The summed E-state index contributed by atoms with van der Waals surface area (Å²) in [5, 5.41) is 3.90. The van der Waals surface area contributed by atoms with Crippen molar-refractivity contribution in [3.05, 3.63) is 20.8 Å².